The minimum absolute atomic E-state index is 0.312. The molecule has 0 bridgehead atoms. The Morgan fingerprint density at radius 2 is 1.83 bits per heavy atom. The fraction of sp³-hybridized carbons (Fsp3) is 0.333. The third-order valence-corrected chi connectivity index (χ3v) is 3.89. The summed E-state index contributed by atoms with van der Waals surface area (Å²) in [5, 5.41) is 11.6. The van der Waals surface area contributed by atoms with E-state index in [4.69, 9.17) is 5.11 Å². The molecule has 0 spiro atoms. The normalized spacial score (nSPS) is 13.8. The van der Waals surface area contributed by atoms with Crippen LogP contribution in [0.1, 0.15) is 13.8 Å². The van der Waals surface area contributed by atoms with Gasteiger partial charge in [-0.2, -0.15) is 0 Å². The summed E-state index contributed by atoms with van der Waals surface area (Å²) in [4.78, 5) is 22.7. The van der Waals surface area contributed by atoms with E-state index in [2.05, 4.69) is 37.2 Å². The molecule has 2 unspecified atom stereocenters. The summed E-state index contributed by atoms with van der Waals surface area (Å²) < 4.78 is 1.62. The zero-order chi connectivity index (χ0) is 13.9. The molecule has 0 saturated heterocycles. The molecule has 0 saturated carbocycles. The van der Waals surface area contributed by atoms with E-state index in [-0.39, 0.29) is 5.91 Å². The lowest BCUT2D eigenvalue weighted by Gasteiger charge is -2.16. The molecule has 0 aliphatic carbocycles. The van der Waals surface area contributed by atoms with Crippen molar-refractivity contribution < 1.29 is 14.7 Å². The summed E-state index contributed by atoms with van der Waals surface area (Å²) in [6.45, 7) is 3.12. The molecule has 98 valence electrons. The molecule has 1 rings (SSSR count). The van der Waals surface area contributed by atoms with Crippen LogP contribution in [0.5, 0.6) is 0 Å². The van der Waals surface area contributed by atoms with E-state index in [1.165, 1.54) is 6.92 Å². The molecule has 18 heavy (non-hydrogen) atoms. The summed E-state index contributed by atoms with van der Waals surface area (Å²) in [6, 6.07) is 5.34. The molecule has 4 nitrogen and oxygen atoms in total. The van der Waals surface area contributed by atoms with Crippen molar-refractivity contribution in [2.75, 3.05) is 5.32 Å². The molecule has 1 aromatic rings. The van der Waals surface area contributed by atoms with E-state index in [0.717, 1.165) is 8.95 Å². The number of amides is 1. The lowest BCUT2D eigenvalue weighted by atomic mass is 9.95. The van der Waals surface area contributed by atoms with Gasteiger partial charge in [0.2, 0.25) is 5.91 Å². The van der Waals surface area contributed by atoms with Gasteiger partial charge in [-0.1, -0.05) is 29.8 Å². The van der Waals surface area contributed by atoms with Crippen LogP contribution in [0.15, 0.2) is 27.1 Å². The van der Waals surface area contributed by atoms with Gasteiger partial charge in [0.1, 0.15) is 0 Å². The maximum atomic E-state index is 11.9. The Morgan fingerprint density at radius 1 is 1.22 bits per heavy atom. The SMILES string of the molecule is CC(C(=O)O)C(C)C(=O)Nc1ccc(Br)cc1Br. The number of carbonyl (C=O) groups is 2. The number of carboxylic acids is 1. The molecule has 2 N–H and O–H groups in total. The number of rotatable bonds is 4. The van der Waals surface area contributed by atoms with E-state index in [0.29, 0.717) is 5.69 Å². The minimum Gasteiger partial charge on any atom is -0.481 e. The minimum atomic E-state index is -0.979. The van der Waals surface area contributed by atoms with Gasteiger partial charge in [0.15, 0.2) is 0 Å². The molecule has 0 heterocycles. The third-order valence-electron chi connectivity index (χ3n) is 2.74. The third kappa shape index (κ3) is 3.81. The molecule has 0 aromatic heterocycles. The van der Waals surface area contributed by atoms with Gasteiger partial charge < -0.3 is 10.4 Å². The summed E-state index contributed by atoms with van der Waals surface area (Å²) in [7, 11) is 0. The molecule has 0 fully saturated rings. The average Bonchev–Trinajstić information content (AvgIpc) is 2.30. The van der Waals surface area contributed by atoms with Crippen molar-refractivity contribution in [3.63, 3.8) is 0 Å². The van der Waals surface area contributed by atoms with Crippen molar-refractivity contribution in [3.8, 4) is 0 Å². The molecule has 1 amide bonds. The Kier molecular flexibility index (Phi) is 5.34. The number of aliphatic carboxylic acids is 1. The van der Waals surface area contributed by atoms with E-state index in [1.54, 1.807) is 25.1 Å². The highest BCUT2D eigenvalue weighted by molar-refractivity contribution is 9.11. The number of halogens is 2. The summed E-state index contributed by atoms with van der Waals surface area (Å²) >= 11 is 6.64. The second-order valence-corrected chi connectivity index (χ2v) is 5.80. The van der Waals surface area contributed by atoms with Crippen molar-refractivity contribution in [1.82, 2.24) is 0 Å². The molecule has 0 aliphatic rings. The van der Waals surface area contributed by atoms with E-state index >= 15 is 0 Å². The van der Waals surface area contributed by atoms with Crippen molar-refractivity contribution in [2.24, 2.45) is 11.8 Å². The van der Waals surface area contributed by atoms with Gasteiger partial charge in [0.05, 0.1) is 11.6 Å². The second kappa shape index (κ2) is 6.33. The molecule has 2 atom stereocenters. The van der Waals surface area contributed by atoms with Gasteiger partial charge in [0.25, 0.3) is 0 Å². The van der Waals surface area contributed by atoms with Crippen LogP contribution in [0.2, 0.25) is 0 Å². The van der Waals surface area contributed by atoms with Crippen LogP contribution >= 0.6 is 31.9 Å². The molecule has 0 radical (unpaired) electrons. The number of hydrogen-bond acceptors (Lipinski definition) is 2. The number of hydrogen-bond donors (Lipinski definition) is 2. The number of carboxylic acid groups (broad SMARTS) is 1. The Bertz CT molecular complexity index is 476. The highest BCUT2D eigenvalue weighted by Crippen LogP contribution is 2.27. The Hall–Kier alpha value is -0.880. The lowest BCUT2D eigenvalue weighted by molar-refractivity contribution is -0.145. The molecule has 1 aromatic carbocycles. The monoisotopic (exact) mass is 377 g/mol. The van der Waals surface area contributed by atoms with Crippen LogP contribution in [0, 0.1) is 11.8 Å². The van der Waals surface area contributed by atoms with Crippen LogP contribution in [0.4, 0.5) is 5.69 Å². The zero-order valence-electron chi connectivity index (χ0n) is 9.91. The quantitative estimate of drug-likeness (QED) is 0.842. The predicted molar refractivity (Wildman–Crippen MR) is 76.4 cm³/mol. The first-order chi connectivity index (χ1) is 8.32. The highest BCUT2D eigenvalue weighted by Gasteiger charge is 2.26. The Morgan fingerprint density at radius 3 is 2.33 bits per heavy atom. The van der Waals surface area contributed by atoms with Gasteiger partial charge in [-0.3, -0.25) is 9.59 Å². The summed E-state index contributed by atoms with van der Waals surface area (Å²) in [5.41, 5.74) is 0.618. The standard InChI is InChI=1S/C12H13Br2NO3/c1-6(7(2)12(17)18)11(16)15-10-4-3-8(13)5-9(10)14/h3-7H,1-2H3,(H,15,16)(H,17,18). The van der Waals surface area contributed by atoms with Crippen LogP contribution in [-0.2, 0) is 9.59 Å². The van der Waals surface area contributed by atoms with Crippen molar-refractivity contribution in [3.05, 3.63) is 27.1 Å². The molecule has 0 aliphatic heterocycles. The Balaban J connectivity index is 2.78. The van der Waals surface area contributed by atoms with Crippen LogP contribution in [0.3, 0.4) is 0 Å². The fourth-order valence-corrected chi connectivity index (χ4v) is 2.42. The molecular weight excluding hydrogens is 366 g/mol. The number of nitrogens with one attached hydrogen (secondary N) is 1. The van der Waals surface area contributed by atoms with Crippen molar-refractivity contribution in [2.45, 2.75) is 13.8 Å². The van der Waals surface area contributed by atoms with E-state index in [1.807, 2.05) is 0 Å². The second-order valence-electron chi connectivity index (χ2n) is 4.03. The first-order valence-electron chi connectivity index (χ1n) is 5.31. The number of carbonyl (C=O) groups excluding carboxylic acids is 1. The van der Waals surface area contributed by atoms with Gasteiger partial charge in [-0.05, 0) is 34.1 Å². The zero-order valence-corrected chi connectivity index (χ0v) is 13.1. The topological polar surface area (TPSA) is 66.4 Å². The smallest absolute Gasteiger partial charge is 0.307 e. The molecular formula is C12H13Br2NO3. The van der Waals surface area contributed by atoms with Gasteiger partial charge in [-0.15, -0.1) is 0 Å². The Labute approximate surface area is 122 Å². The summed E-state index contributed by atoms with van der Waals surface area (Å²) in [5.74, 6) is -2.61. The molecule has 6 heteroatoms. The predicted octanol–water partition coefficient (Wildman–Crippen LogP) is 3.51. The first-order valence-corrected chi connectivity index (χ1v) is 6.90. The summed E-state index contributed by atoms with van der Waals surface area (Å²) in [6.07, 6.45) is 0. The average molecular weight is 379 g/mol. The van der Waals surface area contributed by atoms with Crippen molar-refractivity contribution in [1.29, 1.82) is 0 Å². The number of anilines is 1. The largest absolute Gasteiger partial charge is 0.481 e. The lowest BCUT2D eigenvalue weighted by Crippen LogP contribution is -2.30. The van der Waals surface area contributed by atoms with Crippen LogP contribution in [0.25, 0.3) is 0 Å². The highest BCUT2D eigenvalue weighted by atomic mass is 79.9. The first kappa shape index (κ1) is 15.2. The van der Waals surface area contributed by atoms with Gasteiger partial charge in [-0.25, -0.2) is 0 Å². The van der Waals surface area contributed by atoms with Crippen LogP contribution in [-0.4, -0.2) is 17.0 Å². The maximum Gasteiger partial charge on any atom is 0.307 e. The van der Waals surface area contributed by atoms with Crippen molar-refractivity contribution >= 4 is 49.4 Å². The maximum absolute atomic E-state index is 11.9. The van der Waals surface area contributed by atoms with Gasteiger partial charge >= 0.3 is 5.97 Å². The van der Waals surface area contributed by atoms with E-state index in [9.17, 15) is 9.59 Å². The van der Waals surface area contributed by atoms with Gasteiger partial charge in [0, 0.05) is 14.9 Å². The van der Waals surface area contributed by atoms with Crippen LogP contribution < -0.4 is 5.32 Å². The van der Waals surface area contributed by atoms with E-state index < -0.39 is 17.8 Å². The fourth-order valence-electron chi connectivity index (χ4n) is 1.28. The number of benzene rings is 1.